The van der Waals surface area contributed by atoms with Gasteiger partial charge in [-0.15, -0.1) is 0 Å². The van der Waals surface area contributed by atoms with Gasteiger partial charge >= 0.3 is 10.1 Å². The Morgan fingerprint density at radius 1 is 1.05 bits per heavy atom. The summed E-state index contributed by atoms with van der Waals surface area (Å²) in [5.74, 6) is 1.27. The van der Waals surface area contributed by atoms with E-state index in [1.165, 1.54) is 19.3 Å². The summed E-state index contributed by atoms with van der Waals surface area (Å²) in [6.07, 6.45) is 6.38. The highest BCUT2D eigenvalue weighted by atomic mass is 32.2. The van der Waals surface area contributed by atoms with E-state index in [0.29, 0.717) is 12.2 Å². The summed E-state index contributed by atoms with van der Waals surface area (Å²) in [5.41, 5.74) is 0. The average molecular weight is 298 g/mol. The Morgan fingerprint density at radius 2 is 1.70 bits per heavy atom. The predicted molar refractivity (Wildman–Crippen MR) is 83.4 cm³/mol. The standard InChI is InChI=1S/C16H26O3S/c1-3-15(2)11-7-4-5-10-14-20(17,18)19-16-12-8-6-9-13-16/h6,8-9,12-13,15H,3-5,7,10-11,14H2,1-2H3. The Hall–Kier alpha value is -1.03. The Balaban J connectivity index is 2.17. The van der Waals surface area contributed by atoms with Gasteiger partial charge in [0.15, 0.2) is 0 Å². The van der Waals surface area contributed by atoms with E-state index < -0.39 is 10.1 Å². The maximum absolute atomic E-state index is 11.8. The zero-order valence-corrected chi connectivity index (χ0v) is 13.4. The minimum Gasteiger partial charge on any atom is -0.382 e. The van der Waals surface area contributed by atoms with Crippen molar-refractivity contribution in [2.75, 3.05) is 5.75 Å². The summed E-state index contributed by atoms with van der Waals surface area (Å²) in [7, 11) is -3.44. The molecule has 0 bridgehead atoms. The van der Waals surface area contributed by atoms with Gasteiger partial charge in [-0.1, -0.05) is 64.2 Å². The van der Waals surface area contributed by atoms with Crippen LogP contribution in [-0.2, 0) is 10.1 Å². The fourth-order valence-electron chi connectivity index (χ4n) is 1.99. The van der Waals surface area contributed by atoms with Crippen LogP contribution in [0.3, 0.4) is 0 Å². The fraction of sp³-hybridized carbons (Fsp3) is 0.625. The van der Waals surface area contributed by atoms with E-state index in [-0.39, 0.29) is 5.75 Å². The van der Waals surface area contributed by atoms with Crippen molar-refractivity contribution in [1.82, 2.24) is 0 Å². The largest absolute Gasteiger partial charge is 0.382 e. The first-order chi connectivity index (χ1) is 9.53. The van der Waals surface area contributed by atoms with Gasteiger partial charge in [-0.2, -0.15) is 8.42 Å². The van der Waals surface area contributed by atoms with E-state index in [1.54, 1.807) is 24.3 Å². The highest BCUT2D eigenvalue weighted by Crippen LogP contribution is 2.15. The molecule has 114 valence electrons. The Kier molecular flexibility index (Phi) is 7.67. The van der Waals surface area contributed by atoms with Crippen molar-refractivity contribution in [3.8, 4) is 5.75 Å². The Bertz CT molecular complexity index is 454. The van der Waals surface area contributed by atoms with Crippen LogP contribution in [0.4, 0.5) is 0 Å². The number of rotatable bonds is 10. The van der Waals surface area contributed by atoms with Crippen molar-refractivity contribution in [3.63, 3.8) is 0 Å². The van der Waals surface area contributed by atoms with Gasteiger partial charge in [0, 0.05) is 0 Å². The molecule has 4 heteroatoms. The highest BCUT2D eigenvalue weighted by Gasteiger charge is 2.12. The summed E-state index contributed by atoms with van der Waals surface area (Å²) in [4.78, 5) is 0. The van der Waals surface area contributed by atoms with E-state index >= 15 is 0 Å². The molecule has 0 amide bonds. The monoisotopic (exact) mass is 298 g/mol. The van der Waals surface area contributed by atoms with Crippen molar-refractivity contribution in [2.24, 2.45) is 5.92 Å². The molecule has 1 rings (SSSR count). The van der Waals surface area contributed by atoms with Gasteiger partial charge < -0.3 is 4.18 Å². The lowest BCUT2D eigenvalue weighted by Crippen LogP contribution is -2.13. The molecule has 0 N–H and O–H groups in total. The van der Waals surface area contributed by atoms with Crippen LogP contribution in [0.25, 0.3) is 0 Å². The third-order valence-electron chi connectivity index (χ3n) is 3.50. The van der Waals surface area contributed by atoms with Crippen molar-refractivity contribution >= 4 is 10.1 Å². The first kappa shape index (κ1) is 17.0. The summed E-state index contributed by atoms with van der Waals surface area (Å²) in [6.45, 7) is 4.47. The van der Waals surface area contributed by atoms with Gasteiger partial charge in [0.2, 0.25) is 0 Å². The fourth-order valence-corrected chi connectivity index (χ4v) is 3.04. The number of hydrogen-bond acceptors (Lipinski definition) is 3. The molecule has 0 saturated carbocycles. The normalized spacial score (nSPS) is 13.1. The molecule has 0 radical (unpaired) electrons. The molecule has 1 atom stereocenters. The molecule has 0 heterocycles. The maximum Gasteiger partial charge on any atom is 0.309 e. The second-order valence-electron chi connectivity index (χ2n) is 5.37. The predicted octanol–water partition coefficient (Wildman–Crippen LogP) is 4.39. The summed E-state index contributed by atoms with van der Waals surface area (Å²) >= 11 is 0. The maximum atomic E-state index is 11.8. The third kappa shape index (κ3) is 7.53. The van der Waals surface area contributed by atoms with E-state index in [0.717, 1.165) is 18.8 Å². The molecule has 0 aliphatic rings. The van der Waals surface area contributed by atoms with Crippen LogP contribution in [0.15, 0.2) is 30.3 Å². The van der Waals surface area contributed by atoms with Crippen molar-refractivity contribution in [2.45, 2.75) is 52.4 Å². The Labute approximate surface area is 123 Å². The van der Waals surface area contributed by atoms with Crippen LogP contribution in [0.5, 0.6) is 5.75 Å². The summed E-state index contributed by atoms with van der Waals surface area (Å²) < 4.78 is 28.6. The molecule has 0 spiro atoms. The minimum atomic E-state index is -3.44. The molecule has 0 fully saturated rings. The number of unbranched alkanes of at least 4 members (excludes halogenated alkanes) is 3. The number of hydrogen-bond donors (Lipinski definition) is 0. The quantitative estimate of drug-likeness (QED) is 0.475. The molecule has 1 aromatic carbocycles. The number of benzene rings is 1. The zero-order valence-electron chi connectivity index (χ0n) is 12.5. The summed E-state index contributed by atoms with van der Waals surface area (Å²) in [5, 5.41) is 0. The molecule has 0 aliphatic carbocycles. The van der Waals surface area contributed by atoms with Crippen LogP contribution in [0, 0.1) is 5.92 Å². The zero-order chi connectivity index (χ0) is 14.8. The molecular formula is C16H26O3S. The van der Waals surface area contributed by atoms with Gasteiger partial charge in [-0.05, 0) is 24.5 Å². The van der Waals surface area contributed by atoms with E-state index in [2.05, 4.69) is 13.8 Å². The topological polar surface area (TPSA) is 43.4 Å². The highest BCUT2D eigenvalue weighted by molar-refractivity contribution is 7.87. The van der Waals surface area contributed by atoms with Crippen molar-refractivity contribution < 1.29 is 12.6 Å². The molecule has 20 heavy (non-hydrogen) atoms. The minimum absolute atomic E-state index is 0.102. The van der Waals surface area contributed by atoms with Gasteiger partial charge in [-0.25, -0.2) is 0 Å². The molecule has 0 aromatic heterocycles. The van der Waals surface area contributed by atoms with Crippen molar-refractivity contribution in [3.05, 3.63) is 30.3 Å². The molecule has 1 unspecified atom stereocenters. The van der Waals surface area contributed by atoms with Gasteiger partial charge in [0.05, 0.1) is 5.75 Å². The SMILES string of the molecule is CCC(C)CCCCCCS(=O)(=O)Oc1ccccc1. The van der Waals surface area contributed by atoms with Gasteiger partial charge in [0.25, 0.3) is 0 Å². The van der Waals surface area contributed by atoms with Gasteiger partial charge in [-0.3, -0.25) is 0 Å². The van der Waals surface area contributed by atoms with Crippen LogP contribution < -0.4 is 4.18 Å². The lowest BCUT2D eigenvalue weighted by atomic mass is 10.0. The second-order valence-corrected chi connectivity index (χ2v) is 7.06. The van der Waals surface area contributed by atoms with Crippen LogP contribution in [0.2, 0.25) is 0 Å². The Morgan fingerprint density at radius 3 is 2.35 bits per heavy atom. The molecule has 3 nitrogen and oxygen atoms in total. The van der Waals surface area contributed by atoms with E-state index in [4.69, 9.17) is 4.18 Å². The van der Waals surface area contributed by atoms with Gasteiger partial charge in [0.1, 0.15) is 5.75 Å². The van der Waals surface area contributed by atoms with Crippen LogP contribution in [0.1, 0.15) is 52.4 Å². The first-order valence-electron chi connectivity index (χ1n) is 7.50. The average Bonchev–Trinajstić information content (AvgIpc) is 2.43. The van der Waals surface area contributed by atoms with Crippen LogP contribution in [-0.4, -0.2) is 14.2 Å². The van der Waals surface area contributed by atoms with E-state index in [9.17, 15) is 8.42 Å². The summed E-state index contributed by atoms with van der Waals surface area (Å²) in [6, 6.07) is 8.67. The molecule has 0 aliphatic heterocycles. The molecule has 0 saturated heterocycles. The lowest BCUT2D eigenvalue weighted by Gasteiger charge is -2.08. The van der Waals surface area contributed by atoms with Crippen molar-refractivity contribution in [1.29, 1.82) is 0 Å². The first-order valence-corrected chi connectivity index (χ1v) is 9.08. The van der Waals surface area contributed by atoms with Crippen LogP contribution >= 0.6 is 0 Å². The third-order valence-corrected chi connectivity index (χ3v) is 4.74. The molecular weight excluding hydrogens is 272 g/mol. The van der Waals surface area contributed by atoms with E-state index in [1.807, 2.05) is 6.07 Å². The lowest BCUT2D eigenvalue weighted by molar-refractivity contribution is 0.469. The second kappa shape index (κ2) is 9.01. The molecule has 1 aromatic rings. The number of para-hydroxylation sites is 1. The smallest absolute Gasteiger partial charge is 0.309 e.